The summed E-state index contributed by atoms with van der Waals surface area (Å²) in [5.41, 5.74) is 3.52. The summed E-state index contributed by atoms with van der Waals surface area (Å²) in [7, 11) is 1.57. The van der Waals surface area contributed by atoms with E-state index in [1.807, 2.05) is 44.2 Å². The first-order chi connectivity index (χ1) is 14.7. The molecule has 31 heavy (non-hydrogen) atoms. The number of nitriles is 1. The second kappa shape index (κ2) is 11.0. The molecular weight excluding hydrogens is 394 g/mol. The molecule has 0 aliphatic carbocycles. The van der Waals surface area contributed by atoms with Gasteiger partial charge in [0.05, 0.1) is 7.11 Å². The highest BCUT2D eigenvalue weighted by molar-refractivity contribution is 5.99. The van der Waals surface area contributed by atoms with Gasteiger partial charge in [0.25, 0.3) is 5.91 Å². The summed E-state index contributed by atoms with van der Waals surface area (Å²) in [6, 6.07) is 11.1. The van der Waals surface area contributed by atoms with E-state index in [1.165, 1.54) is 6.08 Å². The molecule has 0 fully saturated rings. The van der Waals surface area contributed by atoms with Gasteiger partial charge < -0.3 is 19.4 Å². The number of ether oxygens (including phenoxy) is 2. The van der Waals surface area contributed by atoms with Crippen LogP contribution >= 0.6 is 0 Å². The van der Waals surface area contributed by atoms with Crippen molar-refractivity contribution < 1.29 is 19.1 Å². The molecule has 2 rings (SSSR count). The van der Waals surface area contributed by atoms with Gasteiger partial charge in [0.2, 0.25) is 0 Å². The molecule has 0 saturated heterocycles. The summed E-state index contributed by atoms with van der Waals surface area (Å²) in [4.78, 5) is 24.3. The van der Waals surface area contributed by atoms with Crippen LogP contribution in [-0.2, 0) is 27.4 Å². The lowest BCUT2D eigenvalue weighted by molar-refractivity contribution is -0.144. The SMILES string of the molecule is COc1cccc(CNC(=O)COC(=O)/C(C#N)=C/c2cc(C)n(CC(C)C)c2C)c1. The Labute approximate surface area is 183 Å². The van der Waals surface area contributed by atoms with Crippen molar-refractivity contribution in [3.63, 3.8) is 0 Å². The minimum absolute atomic E-state index is 0.148. The topological polar surface area (TPSA) is 93.3 Å². The molecule has 0 radical (unpaired) electrons. The van der Waals surface area contributed by atoms with E-state index in [-0.39, 0.29) is 12.1 Å². The van der Waals surface area contributed by atoms with Crippen LogP contribution in [0.2, 0.25) is 0 Å². The number of aromatic nitrogens is 1. The first-order valence-corrected chi connectivity index (χ1v) is 10.1. The fourth-order valence-corrected chi connectivity index (χ4v) is 3.16. The third kappa shape index (κ3) is 6.75. The molecular formula is C24H29N3O4. The van der Waals surface area contributed by atoms with Gasteiger partial charge in [-0.1, -0.05) is 26.0 Å². The van der Waals surface area contributed by atoms with Crippen molar-refractivity contribution in [2.45, 2.75) is 40.8 Å². The van der Waals surface area contributed by atoms with Gasteiger partial charge >= 0.3 is 5.97 Å². The summed E-state index contributed by atoms with van der Waals surface area (Å²) in [6.45, 7) is 8.87. The van der Waals surface area contributed by atoms with Crippen molar-refractivity contribution in [1.82, 2.24) is 9.88 Å². The minimum atomic E-state index is -0.826. The Balaban J connectivity index is 1.97. The average Bonchev–Trinajstić information content (AvgIpc) is 3.01. The normalized spacial score (nSPS) is 11.2. The number of amides is 1. The van der Waals surface area contributed by atoms with Crippen molar-refractivity contribution in [3.8, 4) is 11.8 Å². The molecule has 1 aromatic heterocycles. The number of aryl methyl sites for hydroxylation is 1. The lowest BCUT2D eigenvalue weighted by Gasteiger charge is -2.12. The van der Waals surface area contributed by atoms with Crippen LogP contribution in [0.5, 0.6) is 5.75 Å². The molecule has 0 spiro atoms. The molecule has 0 unspecified atom stereocenters. The zero-order chi connectivity index (χ0) is 23.0. The number of methoxy groups -OCH3 is 1. The van der Waals surface area contributed by atoms with Gasteiger partial charge in [-0.3, -0.25) is 4.79 Å². The van der Waals surface area contributed by atoms with Crippen LogP contribution in [0.25, 0.3) is 6.08 Å². The third-order valence-electron chi connectivity index (χ3n) is 4.76. The van der Waals surface area contributed by atoms with Crippen LogP contribution in [0.1, 0.15) is 36.4 Å². The summed E-state index contributed by atoms with van der Waals surface area (Å²) < 4.78 is 12.3. The maximum absolute atomic E-state index is 12.3. The van der Waals surface area contributed by atoms with Crippen molar-refractivity contribution in [2.24, 2.45) is 5.92 Å². The molecule has 1 amide bonds. The van der Waals surface area contributed by atoms with Crippen LogP contribution < -0.4 is 10.1 Å². The highest BCUT2D eigenvalue weighted by Crippen LogP contribution is 2.20. The zero-order valence-electron chi connectivity index (χ0n) is 18.7. The number of nitrogens with one attached hydrogen (secondary N) is 1. The molecule has 0 saturated carbocycles. The number of esters is 1. The van der Waals surface area contributed by atoms with E-state index >= 15 is 0 Å². The fourth-order valence-electron chi connectivity index (χ4n) is 3.16. The Bertz CT molecular complexity index is 1010. The van der Waals surface area contributed by atoms with Gasteiger partial charge in [0, 0.05) is 24.5 Å². The van der Waals surface area contributed by atoms with Crippen LogP contribution in [0.4, 0.5) is 0 Å². The summed E-state index contributed by atoms with van der Waals surface area (Å²) in [5.74, 6) is -0.122. The van der Waals surface area contributed by atoms with Gasteiger partial charge in [-0.25, -0.2) is 4.79 Å². The van der Waals surface area contributed by atoms with Gasteiger partial charge in [-0.2, -0.15) is 5.26 Å². The zero-order valence-corrected chi connectivity index (χ0v) is 18.7. The number of carbonyl (C=O) groups is 2. The summed E-state index contributed by atoms with van der Waals surface area (Å²) >= 11 is 0. The van der Waals surface area contributed by atoms with E-state index in [2.05, 4.69) is 23.7 Å². The quantitative estimate of drug-likeness (QED) is 0.378. The molecule has 0 aliphatic heterocycles. The maximum Gasteiger partial charge on any atom is 0.349 e. The van der Waals surface area contributed by atoms with Gasteiger partial charge in [0.1, 0.15) is 17.4 Å². The van der Waals surface area contributed by atoms with Crippen molar-refractivity contribution in [2.75, 3.05) is 13.7 Å². The van der Waals surface area contributed by atoms with E-state index in [1.54, 1.807) is 13.2 Å². The van der Waals surface area contributed by atoms with Gasteiger partial charge in [-0.15, -0.1) is 0 Å². The molecule has 0 aliphatic rings. The number of hydrogen-bond acceptors (Lipinski definition) is 5. The molecule has 7 nitrogen and oxygen atoms in total. The van der Waals surface area contributed by atoms with Crippen LogP contribution in [0, 0.1) is 31.1 Å². The average molecular weight is 424 g/mol. The van der Waals surface area contributed by atoms with Crippen molar-refractivity contribution in [3.05, 3.63) is 58.4 Å². The van der Waals surface area contributed by atoms with E-state index in [4.69, 9.17) is 9.47 Å². The minimum Gasteiger partial charge on any atom is -0.497 e. The molecule has 7 heteroatoms. The first kappa shape index (κ1) is 23.7. The molecule has 1 N–H and O–H groups in total. The molecule has 1 aromatic carbocycles. The fraction of sp³-hybridized carbons (Fsp3) is 0.375. The highest BCUT2D eigenvalue weighted by Gasteiger charge is 2.16. The first-order valence-electron chi connectivity index (χ1n) is 10.1. The van der Waals surface area contributed by atoms with E-state index in [0.29, 0.717) is 11.7 Å². The lowest BCUT2D eigenvalue weighted by Crippen LogP contribution is -2.28. The maximum atomic E-state index is 12.3. The largest absolute Gasteiger partial charge is 0.497 e. The smallest absolute Gasteiger partial charge is 0.349 e. The Morgan fingerprint density at radius 3 is 2.65 bits per heavy atom. The van der Waals surface area contributed by atoms with Crippen molar-refractivity contribution in [1.29, 1.82) is 5.26 Å². The summed E-state index contributed by atoms with van der Waals surface area (Å²) in [5, 5.41) is 12.1. The molecule has 164 valence electrons. The molecule has 0 atom stereocenters. The van der Waals surface area contributed by atoms with Gasteiger partial charge in [0.15, 0.2) is 6.61 Å². The lowest BCUT2D eigenvalue weighted by atomic mass is 10.1. The monoisotopic (exact) mass is 423 g/mol. The standard InChI is InChI=1S/C24H29N3O4/c1-16(2)14-27-17(3)9-20(18(27)4)11-21(12-25)24(29)31-15-23(28)26-13-19-7-6-8-22(10-19)30-5/h6-11,16H,13-15H2,1-5H3,(H,26,28)/b21-11+. The number of carbonyl (C=O) groups excluding carboxylic acids is 2. The van der Waals surface area contributed by atoms with Crippen LogP contribution in [0.15, 0.2) is 35.9 Å². The number of rotatable bonds is 9. The Morgan fingerprint density at radius 2 is 2.00 bits per heavy atom. The van der Waals surface area contributed by atoms with E-state index in [0.717, 1.165) is 29.1 Å². The predicted molar refractivity (Wildman–Crippen MR) is 118 cm³/mol. The number of hydrogen-bond donors (Lipinski definition) is 1. The summed E-state index contributed by atoms with van der Waals surface area (Å²) in [6.07, 6.45) is 1.51. The van der Waals surface area contributed by atoms with E-state index < -0.39 is 18.5 Å². The number of benzene rings is 1. The molecule has 1 heterocycles. The predicted octanol–water partition coefficient (Wildman–Crippen LogP) is 3.54. The van der Waals surface area contributed by atoms with Gasteiger partial charge in [-0.05, 0) is 55.2 Å². The Hall–Kier alpha value is -3.53. The van der Waals surface area contributed by atoms with E-state index in [9.17, 15) is 14.9 Å². The Morgan fingerprint density at radius 1 is 1.26 bits per heavy atom. The Kier molecular flexibility index (Phi) is 8.44. The van der Waals surface area contributed by atoms with Crippen LogP contribution in [0.3, 0.4) is 0 Å². The third-order valence-corrected chi connectivity index (χ3v) is 4.76. The van der Waals surface area contributed by atoms with Crippen molar-refractivity contribution >= 4 is 18.0 Å². The highest BCUT2D eigenvalue weighted by atomic mass is 16.5. The second-order valence-corrected chi connectivity index (χ2v) is 7.71. The molecule has 2 aromatic rings. The van der Waals surface area contributed by atoms with Crippen LogP contribution in [-0.4, -0.2) is 30.2 Å². The second-order valence-electron chi connectivity index (χ2n) is 7.71. The molecule has 0 bridgehead atoms. The number of nitrogens with zero attached hydrogens (tertiary/aromatic N) is 2.